The lowest BCUT2D eigenvalue weighted by atomic mass is 10.1. The van der Waals surface area contributed by atoms with Crippen LogP contribution in [0.1, 0.15) is 27.2 Å². The predicted octanol–water partition coefficient (Wildman–Crippen LogP) is 2.89. The lowest BCUT2D eigenvalue weighted by molar-refractivity contribution is 0.483. The molecule has 4 nitrogen and oxygen atoms in total. The van der Waals surface area contributed by atoms with Crippen LogP contribution in [0.5, 0.6) is 0 Å². The maximum Gasteiger partial charge on any atom is 0.240 e. The molecule has 0 aromatic heterocycles. The lowest BCUT2D eigenvalue weighted by Gasteiger charge is -2.18. The Morgan fingerprint density at radius 2 is 1.68 bits per heavy atom. The van der Waals surface area contributed by atoms with E-state index in [1.165, 1.54) is 0 Å². The molecule has 5 heteroatoms. The molecule has 0 aliphatic rings. The van der Waals surface area contributed by atoms with Crippen LogP contribution in [0.15, 0.2) is 47.4 Å². The van der Waals surface area contributed by atoms with Crippen molar-refractivity contribution in [1.29, 1.82) is 0 Å². The van der Waals surface area contributed by atoms with Gasteiger partial charge in [-0.3, -0.25) is 0 Å². The largest absolute Gasteiger partial charge is 0.313 e. The van der Waals surface area contributed by atoms with Gasteiger partial charge >= 0.3 is 0 Å². The van der Waals surface area contributed by atoms with Crippen molar-refractivity contribution in [1.82, 2.24) is 10.0 Å². The highest BCUT2D eigenvalue weighted by atomic mass is 32.2. The summed E-state index contributed by atoms with van der Waals surface area (Å²) in [6.45, 7) is 6.67. The second-order valence-electron chi connectivity index (χ2n) is 5.75. The first-order valence-electron chi connectivity index (χ1n) is 7.67. The van der Waals surface area contributed by atoms with Gasteiger partial charge < -0.3 is 5.32 Å². The Bertz CT molecular complexity index is 728. The number of benzene rings is 2. The third kappa shape index (κ3) is 4.29. The molecular weight excluding hydrogens is 296 g/mol. The predicted molar refractivity (Wildman–Crippen MR) is 91.5 cm³/mol. The number of hydrogen-bond acceptors (Lipinski definition) is 3. The van der Waals surface area contributed by atoms with Crippen molar-refractivity contribution in [2.45, 2.75) is 44.2 Å². The number of hydrogen-bond donors (Lipinski definition) is 2. The maximum absolute atomic E-state index is 12.5. The van der Waals surface area contributed by atoms with Gasteiger partial charge in [-0.1, -0.05) is 37.3 Å². The minimum atomic E-state index is -3.50. The molecule has 0 unspecified atom stereocenters. The number of sulfonamides is 1. The molecule has 0 aliphatic carbocycles. The molecule has 0 spiro atoms. The molecule has 0 aliphatic heterocycles. The fourth-order valence-corrected chi connectivity index (χ4v) is 3.51. The Morgan fingerprint density at radius 3 is 2.36 bits per heavy atom. The van der Waals surface area contributed by atoms with Crippen molar-refractivity contribution in [2.75, 3.05) is 6.54 Å². The zero-order chi connectivity index (χ0) is 16.2. The summed E-state index contributed by atoms with van der Waals surface area (Å²) in [6.07, 6.45) is 1.02. The van der Waals surface area contributed by atoms with Gasteiger partial charge in [-0.05, 0) is 43.2 Å². The molecule has 120 valence electrons. The highest BCUT2D eigenvalue weighted by Gasteiger charge is 2.17. The first-order chi connectivity index (χ1) is 10.4. The lowest BCUT2D eigenvalue weighted by Crippen LogP contribution is -2.42. The van der Waals surface area contributed by atoms with Crippen LogP contribution in [0.25, 0.3) is 10.8 Å². The van der Waals surface area contributed by atoms with E-state index in [1.807, 2.05) is 37.3 Å². The Balaban J connectivity index is 2.11. The molecule has 0 fully saturated rings. The summed E-state index contributed by atoms with van der Waals surface area (Å²) in [5, 5.41) is 5.27. The van der Waals surface area contributed by atoms with Gasteiger partial charge in [0, 0.05) is 18.6 Å². The Morgan fingerprint density at radius 1 is 1.00 bits per heavy atom. The van der Waals surface area contributed by atoms with E-state index >= 15 is 0 Å². The average Bonchev–Trinajstić information content (AvgIpc) is 2.51. The zero-order valence-corrected chi connectivity index (χ0v) is 14.2. The highest BCUT2D eigenvalue weighted by Crippen LogP contribution is 2.19. The molecular formula is C17H24N2O2S. The Hall–Kier alpha value is -1.43. The molecule has 0 heterocycles. The van der Waals surface area contributed by atoms with Crippen LogP contribution >= 0.6 is 0 Å². The zero-order valence-electron chi connectivity index (χ0n) is 13.3. The molecule has 0 bridgehead atoms. The van der Waals surface area contributed by atoms with Crippen LogP contribution in [0.3, 0.4) is 0 Å². The molecule has 2 aromatic rings. The minimum Gasteiger partial charge on any atom is -0.313 e. The summed E-state index contributed by atoms with van der Waals surface area (Å²) in [5.41, 5.74) is 0. The van der Waals surface area contributed by atoms with Crippen LogP contribution in [0.2, 0.25) is 0 Å². The Labute approximate surface area is 133 Å². The normalized spacial score (nSPS) is 14.9. The van der Waals surface area contributed by atoms with Crippen molar-refractivity contribution in [3.8, 4) is 0 Å². The summed E-state index contributed by atoms with van der Waals surface area (Å²) < 4.78 is 27.6. The number of nitrogens with one attached hydrogen (secondary N) is 2. The SMILES string of the molecule is CC[C@@H](C)NC[C@H](C)NS(=O)(=O)c1ccc2ccccc2c1. The molecule has 0 radical (unpaired) electrons. The summed E-state index contributed by atoms with van der Waals surface area (Å²) in [6, 6.07) is 13.2. The Kier molecular flexibility index (Phi) is 5.56. The van der Waals surface area contributed by atoms with E-state index in [0.717, 1.165) is 17.2 Å². The van der Waals surface area contributed by atoms with E-state index in [0.29, 0.717) is 17.5 Å². The van der Waals surface area contributed by atoms with E-state index in [2.05, 4.69) is 23.9 Å². The van der Waals surface area contributed by atoms with E-state index in [-0.39, 0.29) is 6.04 Å². The summed E-state index contributed by atoms with van der Waals surface area (Å²) >= 11 is 0. The third-order valence-electron chi connectivity index (χ3n) is 3.77. The maximum atomic E-state index is 12.5. The van der Waals surface area contributed by atoms with Gasteiger partial charge in [-0.15, -0.1) is 0 Å². The van der Waals surface area contributed by atoms with Gasteiger partial charge in [0.25, 0.3) is 0 Å². The average molecular weight is 320 g/mol. The quantitative estimate of drug-likeness (QED) is 0.825. The van der Waals surface area contributed by atoms with Crippen molar-refractivity contribution in [2.24, 2.45) is 0 Å². The second-order valence-corrected chi connectivity index (χ2v) is 7.46. The number of fused-ring (bicyclic) bond motifs is 1. The van der Waals surface area contributed by atoms with Gasteiger partial charge in [0.15, 0.2) is 0 Å². The van der Waals surface area contributed by atoms with Crippen LogP contribution in [-0.4, -0.2) is 27.0 Å². The summed E-state index contributed by atoms with van der Waals surface area (Å²) in [4.78, 5) is 0.307. The smallest absolute Gasteiger partial charge is 0.240 e. The first kappa shape index (κ1) is 16.9. The molecule has 2 N–H and O–H groups in total. The monoisotopic (exact) mass is 320 g/mol. The minimum absolute atomic E-state index is 0.162. The third-order valence-corrected chi connectivity index (χ3v) is 5.36. The van der Waals surface area contributed by atoms with Gasteiger partial charge in [-0.25, -0.2) is 13.1 Å². The first-order valence-corrected chi connectivity index (χ1v) is 9.15. The van der Waals surface area contributed by atoms with Crippen LogP contribution in [-0.2, 0) is 10.0 Å². The van der Waals surface area contributed by atoms with Gasteiger partial charge in [0.2, 0.25) is 10.0 Å². The van der Waals surface area contributed by atoms with Crippen molar-refractivity contribution < 1.29 is 8.42 Å². The highest BCUT2D eigenvalue weighted by molar-refractivity contribution is 7.89. The fraction of sp³-hybridized carbons (Fsp3) is 0.412. The van der Waals surface area contributed by atoms with Crippen molar-refractivity contribution in [3.63, 3.8) is 0 Å². The van der Waals surface area contributed by atoms with Crippen LogP contribution in [0.4, 0.5) is 0 Å². The van der Waals surface area contributed by atoms with E-state index in [4.69, 9.17) is 0 Å². The molecule has 2 aromatic carbocycles. The van der Waals surface area contributed by atoms with E-state index < -0.39 is 10.0 Å². The van der Waals surface area contributed by atoms with Crippen LogP contribution < -0.4 is 10.0 Å². The van der Waals surface area contributed by atoms with Gasteiger partial charge in [0.05, 0.1) is 4.90 Å². The molecule has 0 saturated heterocycles. The standard InChI is InChI=1S/C17H24N2O2S/c1-4-13(2)18-12-14(3)19-22(20,21)17-10-9-15-7-5-6-8-16(15)11-17/h5-11,13-14,18-19H,4,12H2,1-3H3/t13-,14+/m1/s1. The van der Waals surface area contributed by atoms with E-state index in [9.17, 15) is 8.42 Å². The molecule has 2 atom stereocenters. The molecule has 0 amide bonds. The second kappa shape index (κ2) is 7.22. The van der Waals surface area contributed by atoms with E-state index in [1.54, 1.807) is 12.1 Å². The summed E-state index contributed by atoms with van der Waals surface area (Å²) in [7, 11) is -3.50. The fourth-order valence-electron chi connectivity index (χ4n) is 2.23. The van der Waals surface area contributed by atoms with Crippen molar-refractivity contribution in [3.05, 3.63) is 42.5 Å². The molecule has 2 rings (SSSR count). The molecule has 0 saturated carbocycles. The molecule has 22 heavy (non-hydrogen) atoms. The summed E-state index contributed by atoms with van der Waals surface area (Å²) in [5.74, 6) is 0. The number of rotatable bonds is 7. The van der Waals surface area contributed by atoms with Gasteiger partial charge in [-0.2, -0.15) is 0 Å². The van der Waals surface area contributed by atoms with Crippen LogP contribution in [0, 0.1) is 0 Å². The van der Waals surface area contributed by atoms with Gasteiger partial charge in [0.1, 0.15) is 0 Å². The van der Waals surface area contributed by atoms with Crippen molar-refractivity contribution >= 4 is 20.8 Å². The topological polar surface area (TPSA) is 58.2 Å².